The Labute approximate surface area is 207 Å². The van der Waals surface area contributed by atoms with Crippen molar-refractivity contribution in [3.05, 3.63) is 75.2 Å². The maximum Gasteiger partial charge on any atom is 0.270 e. The molecule has 0 saturated carbocycles. The van der Waals surface area contributed by atoms with Crippen molar-refractivity contribution in [1.82, 2.24) is 14.9 Å². The van der Waals surface area contributed by atoms with Crippen molar-refractivity contribution in [3.63, 3.8) is 0 Å². The molecule has 1 aromatic heterocycles. The number of carbonyl (C=O) groups excluding carboxylic acids is 2. The number of benzene rings is 2. The number of nitro groups is 1. The van der Waals surface area contributed by atoms with Gasteiger partial charge in [-0.2, -0.15) is 0 Å². The average Bonchev–Trinajstić information content (AvgIpc) is 3.26. The standard InChI is InChI=1S/C25H26ClN5O4/c1-15(2)23(29-24(32)19-11-10-18(31(34)35)13-20(19)26)25(33)27-17-8-6-16(7-9-17)21-14-30-12-4-3-5-22(30)28-21/h6-11,13-15,23H,3-5,12H2,1-2H3,(H,27,33)(H,29,32). The second-order valence-electron chi connectivity index (χ2n) is 8.88. The highest BCUT2D eigenvalue weighted by atomic mass is 35.5. The monoisotopic (exact) mass is 495 g/mol. The molecule has 1 aliphatic rings. The van der Waals surface area contributed by atoms with Crippen LogP contribution in [0.2, 0.25) is 5.02 Å². The van der Waals surface area contributed by atoms with E-state index < -0.39 is 16.9 Å². The highest BCUT2D eigenvalue weighted by molar-refractivity contribution is 6.34. The van der Waals surface area contributed by atoms with E-state index in [9.17, 15) is 19.7 Å². The van der Waals surface area contributed by atoms with E-state index in [0.29, 0.717) is 5.69 Å². The lowest BCUT2D eigenvalue weighted by molar-refractivity contribution is -0.384. The fraction of sp³-hybridized carbons (Fsp3) is 0.320. The summed E-state index contributed by atoms with van der Waals surface area (Å²) in [6, 6.07) is 10.2. The number of non-ortho nitro benzene ring substituents is 1. The summed E-state index contributed by atoms with van der Waals surface area (Å²) in [5.41, 5.74) is 2.31. The van der Waals surface area contributed by atoms with Gasteiger partial charge in [0.05, 0.1) is 21.2 Å². The van der Waals surface area contributed by atoms with Crippen molar-refractivity contribution in [2.45, 2.75) is 45.7 Å². The van der Waals surface area contributed by atoms with Crippen molar-refractivity contribution in [3.8, 4) is 11.3 Å². The van der Waals surface area contributed by atoms with Crippen LogP contribution in [0.25, 0.3) is 11.3 Å². The first kappa shape index (κ1) is 24.4. The molecule has 4 rings (SSSR count). The second-order valence-corrected chi connectivity index (χ2v) is 9.28. The first-order chi connectivity index (χ1) is 16.7. The van der Waals surface area contributed by atoms with Crippen molar-refractivity contribution < 1.29 is 14.5 Å². The van der Waals surface area contributed by atoms with Crippen molar-refractivity contribution in [2.75, 3.05) is 5.32 Å². The molecule has 10 heteroatoms. The topological polar surface area (TPSA) is 119 Å². The molecule has 0 saturated heterocycles. The molecular weight excluding hydrogens is 470 g/mol. The number of imidazole rings is 1. The summed E-state index contributed by atoms with van der Waals surface area (Å²) in [5, 5.41) is 16.4. The van der Waals surface area contributed by atoms with Crippen molar-refractivity contribution in [1.29, 1.82) is 0 Å². The summed E-state index contributed by atoms with van der Waals surface area (Å²) in [7, 11) is 0. The molecule has 35 heavy (non-hydrogen) atoms. The maximum absolute atomic E-state index is 13.0. The Kier molecular flexibility index (Phi) is 7.16. The Morgan fingerprint density at radius 1 is 1.14 bits per heavy atom. The van der Waals surface area contributed by atoms with Crippen LogP contribution in [-0.4, -0.2) is 32.3 Å². The van der Waals surface area contributed by atoms with Gasteiger partial charge in [0.15, 0.2) is 0 Å². The van der Waals surface area contributed by atoms with E-state index >= 15 is 0 Å². The Morgan fingerprint density at radius 2 is 1.89 bits per heavy atom. The van der Waals surface area contributed by atoms with Crippen LogP contribution >= 0.6 is 11.6 Å². The largest absolute Gasteiger partial charge is 0.340 e. The fourth-order valence-corrected chi connectivity index (χ4v) is 4.31. The van der Waals surface area contributed by atoms with E-state index in [-0.39, 0.29) is 28.1 Å². The van der Waals surface area contributed by atoms with Gasteiger partial charge < -0.3 is 15.2 Å². The third-order valence-corrected chi connectivity index (χ3v) is 6.31. The number of aromatic nitrogens is 2. The van der Waals surface area contributed by atoms with Crippen molar-refractivity contribution in [2.24, 2.45) is 5.92 Å². The molecule has 2 amide bonds. The first-order valence-corrected chi connectivity index (χ1v) is 11.8. The molecule has 0 spiro atoms. The number of halogens is 1. The zero-order valence-corrected chi connectivity index (χ0v) is 20.2. The van der Waals surface area contributed by atoms with Gasteiger partial charge in [0, 0.05) is 42.5 Å². The molecule has 0 radical (unpaired) electrons. The SMILES string of the molecule is CC(C)C(NC(=O)c1ccc([N+](=O)[O-])cc1Cl)C(=O)Nc1ccc(-c2cn3c(n2)CCCC3)cc1. The minimum absolute atomic E-state index is 0.0582. The predicted octanol–water partition coefficient (Wildman–Crippen LogP) is 4.84. The van der Waals surface area contributed by atoms with Gasteiger partial charge in [0.2, 0.25) is 5.91 Å². The van der Waals surface area contributed by atoms with Crippen LogP contribution < -0.4 is 10.6 Å². The molecular formula is C25H26ClN5O4. The fourth-order valence-electron chi connectivity index (χ4n) is 4.05. The lowest BCUT2D eigenvalue weighted by Gasteiger charge is -2.22. The zero-order chi connectivity index (χ0) is 25.1. The van der Waals surface area contributed by atoms with Gasteiger partial charge in [-0.15, -0.1) is 0 Å². The molecule has 182 valence electrons. The molecule has 3 aromatic rings. The summed E-state index contributed by atoms with van der Waals surface area (Å²) in [5.74, 6) is -0.0754. The van der Waals surface area contributed by atoms with Crippen molar-refractivity contribution >= 4 is 34.8 Å². The molecule has 1 atom stereocenters. The Balaban J connectivity index is 1.43. The van der Waals surface area contributed by atoms with Crippen LogP contribution in [-0.2, 0) is 17.8 Å². The number of anilines is 1. The third kappa shape index (κ3) is 5.51. The van der Waals surface area contributed by atoms with Gasteiger partial charge in [-0.3, -0.25) is 19.7 Å². The lowest BCUT2D eigenvalue weighted by atomic mass is 10.0. The van der Waals surface area contributed by atoms with Gasteiger partial charge in [-0.25, -0.2) is 4.98 Å². The Bertz CT molecular complexity index is 1250. The molecule has 2 aromatic carbocycles. The van der Waals surface area contributed by atoms with Gasteiger partial charge >= 0.3 is 0 Å². The molecule has 1 unspecified atom stereocenters. The Morgan fingerprint density at radius 3 is 2.51 bits per heavy atom. The number of hydrogen-bond acceptors (Lipinski definition) is 5. The van der Waals surface area contributed by atoms with E-state index in [1.54, 1.807) is 12.1 Å². The van der Waals surface area contributed by atoms with Gasteiger partial charge in [-0.1, -0.05) is 37.6 Å². The molecule has 0 fully saturated rings. The first-order valence-electron chi connectivity index (χ1n) is 11.4. The number of nitrogens with zero attached hydrogens (tertiary/aromatic N) is 3. The average molecular weight is 496 g/mol. The highest BCUT2D eigenvalue weighted by Gasteiger charge is 2.26. The quantitative estimate of drug-likeness (QED) is 0.359. The summed E-state index contributed by atoms with van der Waals surface area (Å²) < 4.78 is 2.20. The number of hydrogen-bond donors (Lipinski definition) is 2. The van der Waals surface area contributed by atoms with Crippen LogP contribution in [0.15, 0.2) is 48.7 Å². The molecule has 9 nitrogen and oxygen atoms in total. The van der Waals surface area contributed by atoms with Crippen LogP contribution in [0.3, 0.4) is 0 Å². The summed E-state index contributed by atoms with van der Waals surface area (Å²) in [4.78, 5) is 40.8. The predicted molar refractivity (Wildman–Crippen MR) is 133 cm³/mol. The van der Waals surface area contributed by atoms with Gasteiger partial charge in [0.1, 0.15) is 11.9 Å². The number of nitro benzene ring substituents is 1. The molecule has 2 N–H and O–H groups in total. The number of fused-ring (bicyclic) bond motifs is 1. The smallest absolute Gasteiger partial charge is 0.270 e. The minimum atomic E-state index is -0.840. The molecule has 0 aliphatic carbocycles. The van der Waals surface area contributed by atoms with Crippen LogP contribution in [0, 0.1) is 16.0 Å². The number of amides is 2. The molecule has 2 heterocycles. The van der Waals surface area contributed by atoms with E-state index in [2.05, 4.69) is 21.4 Å². The van der Waals surface area contributed by atoms with E-state index in [1.807, 2.05) is 26.0 Å². The number of nitrogens with one attached hydrogen (secondary N) is 2. The minimum Gasteiger partial charge on any atom is -0.340 e. The van der Waals surface area contributed by atoms with E-state index in [4.69, 9.17) is 16.6 Å². The zero-order valence-electron chi connectivity index (χ0n) is 19.5. The summed E-state index contributed by atoms with van der Waals surface area (Å²) >= 11 is 6.07. The van der Waals surface area contributed by atoms with E-state index in [1.165, 1.54) is 12.1 Å². The normalized spacial score (nSPS) is 13.7. The van der Waals surface area contributed by atoms with E-state index in [0.717, 1.165) is 49.0 Å². The molecule has 1 aliphatic heterocycles. The third-order valence-electron chi connectivity index (χ3n) is 6.00. The number of aryl methyl sites for hydroxylation is 2. The second kappa shape index (κ2) is 10.3. The van der Waals surface area contributed by atoms with Gasteiger partial charge in [-0.05, 0) is 37.0 Å². The van der Waals surface area contributed by atoms with Gasteiger partial charge in [0.25, 0.3) is 11.6 Å². The summed E-state index contributed by atoms with van der Waals surface area (Å²) in [6.45, 7) is 4.61. The van der Waals surface area contributed by atoms with Crippen LogP contribution in [0.1, 0.15) is 42.9 Å². The summed E-state index contributed by atoms with van der Waals surface area (Å²) in [6.07, 6.45) is 5.38. The maximum atomic E-state index is 13.0. The Hall–Kier alpha value is -3.72. The molecule has 0 bridgehead atoms. The number of rotatable bonds is 7. The highest BCUT2D eigenvalue weighted by Crippen LogP contribution is 2.25. The lowest BCUT2D eigenvalue weighted by Crippen LogP contribution is -2.47. The number of carbonyl (C=O) groups is 2. The van der Waals surface area contributed by atoms with Crippen LogP contribution in [0.4, 0.5) is 11.4 Å². The van der Waals surface area contributed by atoms with Crippen LogP contribution in [0.5, 0.6) is 0 Å².